The minimum atomic E-state index is -0.313. The highest BCUT2D eigenvalue weighted by molar-refractivity contribution is 5.89. The summed E-state index contributed by atoms with van der Waals surface area (Å²) in [6.45, 7) is 0.689. The van der Waals surface area contributed by atoms with Crippen molar-refractivity contribution in [2.45, 2.75) is 82.8 Å². The standard InChI is InChI=1S/C24H35NO4/c1-29-24(28)20-12-10-18(11-13-20)6-5-9-21-14-15-23(27)25(21)17-16-22(26)19-7-3-2-4-8-19/h10-13,19,21-22,26H,2-9,14-17H2,1H3/t21?,22-/m0/s1. The maximum atomic E-state index is 12.3. The van der Waals surface area contributed by atoms with E-state index in [0.717, 1.165) is 38.5 Å². The average molecular weight is 402 g/mol. The molecule has 2 fully saturated rings. The molecule has 1 aromatic rings. The number of carbonyl (C=O) groups excluding carboxylic acids is 2. The second kappa shape index (κ2) is 10.8. The van der Waals surface area contributed by atoms with Gasteiger partial charge in [0.05, 0.1) is 18.8 Å². The van der Waals surface area contributed by atoms with E-state index in [9.17, 15) is 14.7 Å². The molecule has 0 radical (unpaired) electrons. The van der Waals surface area contributed by atoms with Gasteiger partial charge in [0.2, 0.25) is 5.91 Å². The predicted molar refractivity (Wildman–Crippen MR) is 113 cm³/mol. The Morgan fingerprint density at radius 1 is 1.17 bits per heavy atom. The minimum Gasteiger partial charge on any atom is -0.465 e. The van der Waals surface area contributed by atoms with E-state index < -0.39 is 0 Å². The zero-order valence-corrected chi connectivity index (χ0v) is 17.6. The SMILES string of the molecule is COC(=O)c1ccc(CCCC2CCC(=O)N2CC[C@H](O)C2CCCCC2)cc1. The van der Waals surface area contributed by atoms with E-state index in [1.165, 1.54) is 31.9 Å². The van der Waals surface area contributed by atoms with Crippen LogP contribution in [0.4, 0.5) is 0 Å². The first-order chi connectivity index (χ1) is 14.1. The van der Waals surface area contributed by atoms with Crippen LogP contribution in [-0.4, -0.2) is 47.7 Å². The lowest BCUT2D eigenvalue weighted by Crippen LogP contribution is -2.36. The van der Waals surface area contributed by atoms with Crippen LogP contribution in [0, 0.1) is 5.92 Å². The number of aliphatic hydroxyl groups is 1. The molecule has 2 atom stereocenters. The van der Waals surface area contributed by atoms with Crippen molar-refractivity contribution in [1.82, 2.24) is 4.90 Å². The highest BCUT2D eigenvalue weighted by atomic mass is 16.5. The number of aryl methyl sites for hydroxylation is 1. The van der Waals surface area contributed by atoms with Gasteiger partial charge in [-0.1, -0.05) is 31.4 Å². The fraction of sp³-hybridized carbons (Fsp3) is 0.667. The number of likely N-dealkylation sites (tertiary alicyclic amines) is 1. The largest absolute Gasteiger partial charge is 0.465 e. The monoisotopic (exact) mass is 401 g/mol. The summed E-state index contributed by atoms with van der Waals surface area (Å²) in [5, 5.41) is 10.5. The van der Waals surface area contributed by atoms with E-state index in [2.05, 4.69) is 0 Å². The zero-order chi connectivity index (χ0) is 20.6. The smallest absolute Gasteiger partial charge is 0.337 e. The van der Waals surface area contributed by atoms with Gasteiger partial charge < -0.3 is 14.7 Å². The van der Waals surface area contributed by atoms with Gasteiger partial charge in [-0.15, -0.1) is 0 Å². The summed E-state index contributed by atoms with van der Waals surface area (Å²) in [6.07, 6.45) is 11.0. The number of ether oxygens (including phenoxy) is 1. The fourth-order valence-corrected chi connectivity index (χ4v) is 4.89. The Labute approximate surface area is 174 Å². The van der Waals surface area contributed by atoms with Crippen LogP contribution in [-0.2, 0) is 16.0 Å². The van der Waals surface area contributed by atoms with Crippen LogP contribution in [0.2, 0.25) is 0 Å². The number of aliphatic hydroxyl groups excluding tert-OH is 1. The number of hydrogen-bond acceptors (Lipinski definition) is 4. The number of rotatable bonds is 9. The van der Waals surface area contributed by atoms with Gasteiger partial charge in [-0.25, -0.2) is 4.79 Å². The molecule has 0 bridgehead atoms. The van der Waals surface area contributed by atoms with Crippen LogP contribution in [0.25, 0.3) is 0 Å². The van der Waals surface area contributed by atoms with Gasteiger partial charge in [0.15, 0.2) is 0 Å². The van der Waals surface area contributed by atoms with Gasteiger partial charge in [0, 0.05) is 19.0 Å². The molecule has 1 aliphatic carbocycles. The molecule has 1 saturated carbocycles. The molecule has 3 rings (SSSR count). The summed E-state index contributed by atoms with van der Waals surface area (Å²) in [5.41, 5.74) is 1.77. The van der Waals surface area contributed by atoms with Crippen LogP contribution in [0.1, 0.15) is 80.1 Å². The molecule has 1 saturated heterocycles. The number of amides is 1. The van der Waals surface area contributed by atoms with Crippen molar-refractivity contribution in [2.75, 3.05) is 13.7 Å². The summed E-state index contributed by atoms with van der Waals surface area (Å²) >= 11 is 0. The fourth-order valence-electron chi connectivity index (χ4n) is 4.89. The number of nitrogens with zero attached hydrogens (tertiary/aromatic N) is 1. The normalized spacial score (nSPS) is 21.4. The lowest BCUT2D eigenvalue weighted by Gasteiger charge is -2.30. The molecule has 29 heavy (non-hydrogen) atoms. The van der Waals surface area contributed by atoms with Gasteiger partial charge in [-0.05, 0) is 68.6 Å². The summed E-state index contributed by atoms with van der Waals surface area (Å²) in [6, 6.07) is 7.86. The summed E-state index contributed by atoms with van der Waals surface area (Å²) in [7, 11) is 1.39. The highest BCUT2D eigenvalue weighted by Gasteiger charge is 2.31. The molecule has 1 aromatic carbocycles. The van der Waals surface area contributed by atoms with Crippen molar-refractivity contribution in [3.05, 3.63) is 35.4 Å². The Kier molecular flexibility index (Phi) is 8.10. The van der Waals surface area contributed by atoms with Gasteiger partial charge in [-0.3, -0.25) is 4.79 Å². The Morgan fingerprint density at radius 2 is 1.90 bits per heavy atom. The third kappa shape index (κ3) is 6.05. The average Bonchev–Trinajstić information content (AvgIpc) is 3.12. The molecule has 5 nitrogen and oxygen atoms in total. The Morgan fingerprint density at radius 3 is 2.59 bits per heavy atom. The van der Waals surface area contributed by atoms with E-state index in [0.29, 0.717) is 36.9 Å². The number of methoxy groups -OCH3 is 1. The summed E-state index contributed by atoms with van der Waals surface area (Å²) in [5.74, 6) is 0.355. The van der Waals surface area contributed by atoms with Crippen LogP contribution < -0.4 is 0 Å². The van der Waals surface area contributed by atoms with Crippen LogP contribution >= 0.6 is 0 Å². The molecule has 1 amide bonds. The molecule has 5 heteroatoms. The minimum absolute atomic E-state index is 0.244. The molecule has 0 aromatic heterocycles. The maximum Gasteiger partial charge on any atom is 0.337 e. The van der Waals surface area contributed by atoms with Crippen LogP contribution in [0.3, 0.4) is 0 Å². The van der Waals surface area contributed by atoms with Crippen molar-refractivity contribution in [2.24, 2.45) is 5.92 Å². The van der Waals surface area contributed by atoms with E-state index in [-0.39, 0.29) is 18.0 Å². The molecule has 160 valence electrons. The zero-order valence-electron chi connectivity index (χ0n) is 17.6. The van der Waals surface area contributed by atoms with E-state index in [4.69, 9.17) is 4.74 Å². The van der Waals surface area contributed by atoms with E-state index in [1.807, 2.05) is 17.0 Å². The first-order valence-corrected chi connectivity index (χ1v) is 11.2. The maximum absolute atomic E-state index is 12.3. The predicted octanol–water partition coefficient (Wildman–Crippen LogP) is 4.12. The molecular formula is C24H35NO4. The molecule has 1 heterocycles. The van der Waals surface area contributed by atoms with Crippen LogP contribution in [0.15, 0.2) is 24.3 Å². The van der Waals surface area contributed by atoms with E-state index in [1.54, 1.807) is 12.1 Å². The first kappa shape index (κ1) is 21.8. The molecule has 0 spiro atoms. The van der Waals surface area contributed by atoms with Gasteiger partial charge in [0.1, 0.15) is 0 Å². The number of carbonyl (C=O) groups is 2. The lowest BCUT2D eigenvalue weighted by molar-refractivity contribution is -0.129. The van der Waals surface area contributed by atoms with Crippen molar-refractivity contribution in [3.8, 4) is 0 Å². The van der Waals surface area contributed by atoms with Crippen molar-refractivity contribution in [1.29, 1.82) is 0 Å². The Bertz CT molecular complexity index is 666. The summed E-state index contributed by atoms with van der Waals surface area (Å²) < 4.78 is 4.73. The number of benzene rings is 1. The second-order valence-corrected chi connectivity index (χ2v) is 8.61. The van der Waals surface area contributed by atoms with Gasteiger partial charge in [-0.2, -0.15) is 0 Å². The second-order valence-electron chi connectivity index (χ2n) is 8.61. The quantitative estimate of drug-likeness (QED) is 0.632. The summed E-state index contributed by atoms with van der Waals surface area (Å²) in [4.78, 5) is 25.9. The van der Waals surface area contributed by atoms with Crippen molar-refractivity contribution in [3.63, 3.8) is 0 Å². The Balaban J connectivity index is 1.43. The van der Waals surface area contributed by atoms with Crippen molar-refractivity contribution < 1.29 is 19.4 Å². The third-order valence-corrected chi connectivity index (χ3v) is 6.69. The van der Waals surface area contributed by atoms with Crippen LogP contribution in [0.5, 0.6) is 0 Å². The number of esters is 1. The molecular weight excluding hydrogens is 366 g/mol. The Hall–Kier alpha value is -1.88. The molecule has 1 unspecified atom stereocenters. The molecule has 1 N–H and O–H groups in total. The number of hydrogen-bond donors (Lipinski definition) is 1. The topological polar surface area (TPSA) is 66.8 Å². The third-order valence-electron chi connectivity index (χ3n) is 6.69. The van der Waals surface area contributed by atoms with Gasteiger partial charge >= 0.3 is 5.97 Å². The first-order valence-electron chi connectivity index (χ1n) is 11.2. The van der Waals surface area contributed by atoms with Gasteiger partial charge in [0.25, 0.3) is 0 Å². The molecule has 1 aliphatic heterocycles. The van der Waals surface area contributed by atoms with E-state index >= 15 is 0 Å². The van der Waals surface area contributed by atoms with Crippen molar-refractivity contribution >= 4 is 11.9 Å². The molecule has 2 aliphatic rings. The highest BCUT2D eigenvalue weighted by Crippen LogP contribution is 2.29. The lowest BCUT2D eigenvalue weighted by atomic mass is 9.84.